The maximum atomic E-state index is 12.6. The number of hydrogen-bond donors (Lipinski definition) is 1. The van der Waals surface area contributed by atoms with Crippen molar-refractivity contribution >= 4 is 11.9 Å². The smallest absolute Gasteiger partial charge is 0.310 e. The molecule has 0 aliphatic carbocycles. The molecular weight excluding hydrogens is 262 g/mol. The Morgan fingerprint density at radius 2 is 2.40 bits per heavy atom. The monoisotopic (exact) mass is 279 g/mol. The Bertz CT molecular complexity index is 498. The molecule has 5 atom stereocenters. The van der Waals surface area contributed by atoms with Crippen molar-refractivity contribution in [3.8, 4) is 0 Å². The maximum Gasteiger partial charge on any atom is 0.310 e. The molecule has 0 radical (unpaired) electrons. The SMILES string of the molecule is O=C(O)[C@H]1[C@@H]2C=C[C@]3(CN(C[C@@H]4CCCO4)C(=O)[C@H]13)O2. The Labute approximate surface area is 116 Å². The van der Waals surface area contributed by atoms with E-state index >= 15 is 0 Å². The molecule has 108 valence electrons. The van der Waals surface area contributed by atoms with Crippen molar-refractivity contribution < 1.29 is 24.2 Å². The molecule has 6 heteroatoms. The summed E-state index contributed by atoms with van der Waals surface area (Å²) >= 11 is 0. The number of ether oxygens (including phenoxy) is 2. The van der Waals surface area contributed by atoms with Gasteiger partial charge in [0.1, 0.15) is 11.5 Å². The zero-order chi connectivity index (χ0) is 13.9. The number of nitrogens with zero attached hydrogens (tertiary/aromatic N) is 1. The van der Waals surface area contributed by atoms with E-state index < -0.39 is 29.5 Å². The van der Waals surface area contributed by atoms with Crippen LogP contribution in [-0.2, 0) is 19.1 Å². The molecule has 20 heavy (non-hydrogen) atoms. The highest BCUT2D eigenvalue weighted by Crippen LogP contribution is 2.51. The summed E-state index contributed by atoms with van der Waals surface area (Å²) in [7, 11) is 0. The van der Waals surface area contributed by atoms with E-state index in [0.717, 1.165) is 19.4 Å². The van der Waals surface area contributed by atoms with Crippen LogP contribution in [0.4, 0.5) is 0 Å². The van der Waals surface area contributed by atoms with Crippen molar-refractivity contribution in [3.05, 3.63) is 12.2 Å². The molecule has 6 nitrogen and oxygen atoms in total. The van der Waals surface area contributed by atoms with Gasteiger partial charge >= 0.3 is 5.97 Å². The Kier molecular flexibility index (Phi) is 2.50. The predicted octanol–water partition coefficient (Wildman–Crippen LogP) is 0.0320. The van der Waals surface area contributed by atoms with E-state index in [1.807, 2.05) is 6.08 Å². The molecule has 0 aromatic rings. The lowest BCUT2D eigenvalue weighted by Crippen LogP contribution is -2.39. The van der Waals surface area contributed by atoms with Crippen molar-refractivity contribution in [2.45, 2.75) is 30.7 Å². The normalized spacial score (nSPS) is 45.4. The van der Waals surface area contributed by atoms with Crippen molar-refractivity contribution in [2.75, 3.05) is 19.7 Å². The van der Waals surface area contributed by atoms with Gasteiger partial charge < -0.3 is 19.5 Å². The first-order chi connectivity index (χ1) is 9.61. The Morgan fingerprint density at radius 1 is 1.55 bits per heavy atom. The fourth-order valence-corrected chi connectivity index (χ4v) is 4.05. The van der Waals surface area contributed by atoms with E-state index in [1.165, 1.54) is 0 Å². The standard InChI is InChI=1S/C14H17NO5/c16-12-11-10(13(17)18)9-3-4-14(11,20-9)7-15(12)6-8-2-1-5-19-8/h3-4,8-11H,1-2,5-7H2,(H,17,18)/t8-,9-,10-,11-,14+/m0/s1. The van der Waals surface area contributed by atoms with E-state index in [0.29, 0.717) is 13.1 Å². The van der Waals surface area contributed by atoms with Crippen LogP contribution in [-0.4, -0.2) is 59.4 Å². The van der Waals surface area contributed by atoms with Gasteiger partial charge in [0, 0.05) is 13.2 Å². The zero-order valence-electron chi connectivity index (χ0n) is 11.0. The topological polar surface area (TPSA) is 76.1 Å². The number of carboxylic acid groups (broad SMARTS) is 1. The van der Waals surface area contributed by atoms with E-state index in [-0.39, 0.29) is 12.0 Å². The van der Waals surface area contributed by atoms with Gasteiger partial charge in [0.05, 0.1) is 24.7 Å². The van der Waals surface area contributed by atoms with Crippen LogP contribution in [0, 0.1) is 11.8 Å². The molecule has 4 rings (SSSR count). The molecule has 0 saturated carbocycles. The minimum atomic E-state index is -0.946. The lowest BCUT2D eigenvalue weighted by Gasteiger charge is -2.23. The van der Waals surface area contributed by atoms with Crippen LogP contribution in [0.1, 0.15) is 12.8 Å². The van der Waals surface area contributed by atoms with E-state index in [4.69, 9.17) is 9.47 Å². The van der Waals surface area contributed by atoms with Crippen LogP contribution in [0.5, 0.6) is 0 Å². The molecule has 4 heterocycles. The highest BCUT2D eigenvalue weighted by Gasteiger charge is 2.67. The summed E-state index contributed by atoms with van der Waals surface area (Å²) in [5.74, 6) is -2.36. The van der Waals surface area contributed by atoms with Gasteiger partial charge in [-0.1, -0.05) is 12.2 Å². The van der Waals surface area contributed by atoms with Gasteiger partial charge in [0.2, 0.25) is 5.91 Å². The van der Waals surface area contributed by atoms with Crippen molar-refractivity contribution in [3.63, 3.8) is 0 Å². The summed E-state index contributed by atoms with van der Waals surface area (Å²) in [6.07, 6.45) is 5.29. The molecule has 3 saturated heterocycles. The number of aliphatic carboxylic acids is 1. The molecule has 1 amide bonds. The number of carbonyl (C=O) groups is 2. The van der Waals surface area contributed by atoms with Crippen LogP contribution < -0.4 is 0 Å². The molecule has 4 aliphatic heterocycles. The van der Waals surface area contributed by atoms with Gasteiger partial charge in [-0.2, -0.15) is 0 Å². The van der Waals surface area contributed by atoms with Gasteiger partial charge in [-0.3, -0.25) is 9.59 Å². The van der Waals surface area contributed by atoms with Crippen LogP contribution in [0.25, 0.3) is 0 Å². The lowest BCUT2D eigenvalue weighted by atomic mass is 9.77. The Balaban J connectivity index is 1.58. The highest BCUT2D eigenvalue weighted by atomic mass is 16.5. The molecule has 0 unspecified atom stereocenters. The van der Waals surface area contributed by atoms with Crippen LogP contribution in [0.3, 0.4) is 0 Å². The Morgan fingerprint density at radius 3 is 3.10 bits per heavy atom. The van der Waals surface area contributed by atoms with Gasteiger partial charge in [0.25, 0.3) is 0 Å². The van der Waals surface area contributed by atoms with E-state index in [2.05, 4.69) is 0 Å². The summed E-state index contributed by atoms with van der Waals surface area (Å²) in [5, 5.41) is 9.36. The maximum absolute atomic E-state index is 12.6. The number of rotatable bonds is 3. The van der Waals surface area contributed by atoms with Crippen molar-refractivity contribution in [1.82, 2.24) is 4.90 Å². The molecule has 2 bridgehead atoms. The second kappa shape index (κ2) is 4.05. The van der Waals surface area contributed by atoms with Crippen molar-refractivity contribution in [1.29, 1.82) is 0 Å². The van der Waals surface area contributed by atoms with E-state index in [9.17, 15) is 14.7 Å². The molecule has 4 aliphatic rings. The van der Waals surface area contributed by atoms with Gasteiger partial charge in [-0.05, 0) is 12.8 Å². The van der Waals surface area contributed by atoms with Gasteiger partial charge in [-0.15, -0.1) is 0 Å². The van der Waals surface area contributed by atoms with Crippen LogP contribution >= 0.6 is 0 Å². The zero-order valence-corrected chi connectivity index (χ0v) is 11.0. The number of amides is 1. The largest absolute Gasteiger partial charge is 0.481 e. The number of fused-ring (bicyclic) bond motifs is 1. The molecule has 0 aromatic carbocycles. The fourth-order valence-electron chi connectivity index (χ4n) is 4.05. The van der Waals surface area contributed by atoms with Gasteiger partial charge in [-0.25, -0.2) is 0 Å². The first kappa shape index (κ1) is 12.3. The second-order valence-corrected chi connectivity index (χ2v) is 6.09. The average Bonchev–Trinajstić information content (AvgIpc) is 3.12. The third kappa shape index (κ3) is 1.52. The number of likely N-dealkylation sites (tertiary alicyclic amines) is 1. The molecule has 3 fully saturated rings. The minimum Gasteiger partial charge on any atom is -0.481 e. The summed E-state index contributed by atoms with van der Waals surface area (Å²) in [6, 6.07) is 0. The quantitative estimate of drug-likeness (QED) is 0.738. The molecule has 1 spiro atoms. The second-order valence-electron chi connectivity index (χ2n) is 6.09. The van der Waals surface area contributed by atoms with Crippen molar-refractivity contribution in [2.24, 2.45) is 11.8 Å². The summed E-state index contributed by atoms with van der Waals surface area (Å²) in [4.78, 5) is 25.7. The first-order valence-corrected chi connectivity index (χ1v) is 7.11. The summed E-state index contributed by atoms with van der Waals surface area (Å²) in [5.41, 5.74) is -0.719. The predicted molar refractivity (Wildman–Crippen MR) is 66.9 cm³/mol. The lowest BCUT2D eigenvalue weighted by molar-refractivity contribution is -0.148. The van der Waals surface area contributed by atoms with Crippen LogP contribution in [0.15, 0.2) is 12.2 Å². The fraction of sp³-hybridized carbons (Fsp3) is 0.714. The third-order valence-electron chi connectivity index (χ3n) is 4.91. The Hall–Kier alpha value is -1.40. The molecular formula is C14H17NO5. The molecule has 0 aromatic heterocycles. The number of carbonyl (C=O) groups excluding carboxylic acids is 1. The summed E-state index contributed by atoms with van der Waals surface area (Å²) in [6.45, 7) is 1.75. The summed E-state index contributed by atoms with van der Waals surface area (Å²) < 4.78 is 11.4. The minimum absolute atomic E-state index is 0.0821. The number of hydrogen-bond acceptors (Lipinski definition) is 4. The van der Waals surface area contributed by atoms with E-state index in [1.54, 1.807) is 11.0 Å². The molecule has 1 N–H and O–H groups in total. The first-order valence-electron chi connectivity index (χ1n) is 7.11. The highest BCUT2D eigenvalue weighted by molar-refractivity contribution is 5.90. The van der Waals surface area contributed by atoms with Crippen LogP contribution in [0.2, 0.25) is 0 Å². The van der Waals surface area contributed by atoms with Gasteiger partial charge in [0.15, 0.2) is 0 Å². The average molecular weight is 279 g/mol. The number of carboxylic acids is 1. The third-order valence-corrected chi connectivity index (χ3v) is 4.91.